The molecule has 5 nitrogen and oxygen atoms in total. The Morgan fingerprint density at radius 3 is 2.18 bits per heavy atom. The number of hydrogen-bond donors (Lipinski definition) is 0. The van der Waals surface area contributed by atoms with Crippen LogP contribution in [0.3, 0.4) is 0 Å². The molecule has 1 aromatic carbocycles. The molecule has 0 spiro atoms. The summed E-state index contributed by atoms with van der Waals surface area (Å²) >= 11 is 0. The molecule has 2 bridgehead atoms. The van der Waals surface area contributed by atoms with E-state index in [9.17, 15) is 13.2 Å². The molecule has 2 atom stereocenters. The van der Waals surface area contributed by atoms with E-state index in [4.69, 9.17) is 9.47 Å². The molecule has 0 N–H and O–H groups in total. The molecule has 2 unspecified atom stereocenters. The molecule has 0 aliphatic carbocycles. The van der Waals surface area contributed by atoms with Gasteiger partial charge in [-0.15, -0.1) is 0 Å². The van der Waals surface area contributed by atoms with E-state index in [0.717, 1.165) is 0 Å². The van der Waals surface area contributed by atoms with Crippen LogP contribution in [-0.4, -0.2) is 38.9 Å². The number of rotatable bonds is 4. The van der Waals surface area contributed by atoms with Crippen LogP contribution in [0.25, 0.3) is 0 Å². The molecule has 0 amide bonds. The zero-order valence-corrected chi connectivity index (χ0v) is 13.6. The first-order chi connectivity index (χ1) is 10.5. The van der Waals surface area contributed by atoms with Crippen LogP contribution < -0.4 is 9.47 Å². The van der Waals surface area contributed by atoms with Gasteiger partial charge in [-0.3, -0.25) is 4.79 Å². The molecule has 2 saturated heterocycles. The molecular weight excluding hydrogens is 304 g/mol. The molecule has 0 aromatic heterocycles. The molecule has 0 radical (unpaired) electrons. The summed E-state index contributed by atoms with van der Waals surface area (Å²) in [5.41, 5.74) is 0.557. The molecular formula is C16H20O5S. The van der Waals surface area contributed by atoms with E-state index in [1.807, 2.05) is 0 Å². The van der Waals surface area contributed by atoms with E-state index in [2.05, 4.69) is 0 Å². The van der Waals surface area contributed by atoms with E-state index in [1.165, 1.54) is 7.11 Å². The number of benzene rings is 1. The Morgan fingerprint density at radius 1 is 1.05 bits per heavy atom. The molecule has 0 saturated carbocycles. The summed E-state index contributed by atoms with van der Waals surface area (Å²) in [6.45, 7) is 0. The summed E-state index contributed by atoms with van der Waals surface area (Å²) < 4.78 is 34.6. The second kappa shape index (κ2) is 5.57. The van der Waals surface area contributed by atoms with Crippen molar-refractivity contribution in [3.8, 4) is 11.5 Å². The fourth-order valence-electron chi connectivity index (χ4n) is 3.65. The van der Waals surface area contributed by atoms with Gasteiger partial charge in [0.15, 0.2) is 27.1 Å². The van der Waals surface area contributed by atoms with Gasteiger partial charge in [0.25, 0.3) is 0 Å². The Labute approximate surface area is 130 Å². The molecule has 120 valence electrons. The lowest BCUT2D eigenvalue weighted by molar-refractivity contribution is 0.0905. The van der Waals surface area contributed by atoms with Gasteiger partial charge in [-0.05, 0) is 43.9 Å². The first kappa shape index (κ1) is 15.3. The van der Waals surface area contributed by atoms with Gasteiger partial charge in [-0.1, -0.05) is 0 Å². The Kier molecular flexibility index (Phi) is 3.89. The minimum Gasteiger partial charge on any atom is -0.493 e. The van der Waals surface area contributed by atoms with Crippen molar-refractivity contribution in [3.05, 3.63) is 23.8 Å². The zero-order valence-electron chi connectivity index (χ0n) is 12.7. The minimum absolute atomic E-state index is 0.00718. The molecule has 2 fully saturated rings. The van der Waals surface area contributed by atoms with Crippen molar-refractivity contribution in [3.63, 3.8) is 0 Å². The summed E-state index contributed by atoms with van der Waals surface area (Å²) in [6.07, 6.45) is 2.30. The standard InChI is InChI=1S/C16H20O5S/c1-20-14-6-3-10(9-15(14)21-2)16(17)11-7-12-4-5-13(8-11)22(12,18)19/h3,6,9,11-13H,4-5,7-8H2,1-2H3. The molecule has 2 heterocycles. The summed E-state index contributed by atoms with van der Waals surface area (Å²) in [5, 5.41) is -0.666. The highest BCUT2D eigenvalue weighted by molar-refractivity contribution is 7.93. The number of Topliss-reactive ketones (excluding diaryl/α,β-unsaturated/α-hetero) is 1. The molecule has 3 rings (SSSR count). The average Bonchev–Trinajstić information content (AvgIpc) is 2.72. The Morgan fingerprint density at radius 2 is 1.64 bits per heavy atom. The molecule has 2 aliphatic heterocycles. The van der Waals surface area contributed by atoms with Crippen molar-refractivity contribution >= 4 is 15.6 Å². The third kappa shape index (κ3) is 2.39. The van der Waals surface area contributed by atoms with Crippen LogP contribution in [0.15, 0.2) is 18.2 Å². The first-order valence-corrected chi connectivity index (χ1v) is 9.07. The number of methoxy groups -OCH3 is 2. The van der Waals surface area contributed by atoms with E-state index in [0.29, 0.717) is 42.7 Å². The maximum atomic E-state index is 12.7. The summed E-state index contributed by atoms with van der Waals surface area (Å²) in [5.74, 6) is 0.886. The first-order valence-electron chi connectivity index (χ1n) is 7.46. The highest BCUT2D eigenvalue weighted by atomic mass is 32.2. The number of fused-ring (bicyclic) bond motifs is 2. The lowest BCUT2D eigenvalue weighted by Gasteiger charge is -2.27. The molecule has 6 heteroatoms. The minimum atomic E-state index is -3.00. The number of ether oxygens (including phenoxy) is 2. The van der Waals surface area contributed by atoms with Crippen molar-refractivity contribution in [2.45, 2.75) is 36.2 Å². The number of carbonyl (C=O) groups is 1. The Balaban J connectivity index is 1.84. The molecule has 2 aliphatic rings. The van der Waals surface area contributed by atoms with Crippen molar-refractivity contribution in [2.24, 2.45) is 5.92 Å². The second-order valence-corrected chi connectivity index (χ2v) is 8.52. The van der Waals surface area contributed by atoms with Crippen LogP contribution in [0.2, 0.25) is 0 Å². The summed E-state index contributed by atoms with van der Waals surface area (Å²) in [7, 11) is 0.0739. The summed E-state index contributed by atoms with van der Waals surface area (Å²) in [6, 6.07) is 5.10. The van der Waals surface area contributed by atoms with Gasteiger partial charge in [-0.25, -0.2) is 8.42 Å². The average molecular weight is 324 g/mol. The number of ketones is 1. The van der Waals surface area contributed by atoms with Crippen molar-refractivity contribution in [2.75, 3.05) is 14.2 Å². The van der Waals surface area contributed by atoms with Crippen LogP contribution in [0.1, 0.15) is 36.0 Å². The topological polar surface area (TPSA) is 69.7 Å². The van der Waals surface area contributed by atoms with Crippen molar-refractivity contribution in [1.29, 1.82) is 0 Å². The van der Waals surface area contributed by atoms with Gasteiger partial charge >= 0.3 is 0 Å². The Hall–Kier alpha value is -1.56. The van der Waals surface area contributed by atoms with Gasteiger partial charge in [0.05, 0.1) is 24.7 Å². The SMILES string of the molecule is COc1ccc(C(=O)C2CC3CCC(C2)S3(=O)=O)cc1OC. The monoisotopic (exact) mass is 324 g/mol. The normalized spacial score (nSPS) is 29.1. The lowest BCUT2D eigenvalue weighted by atomic mass is 9.90. The third-order valence-corrected chi connectivity index (χ3v) is 7.59. The van der Waals surface area contributed by atoms with Crippen molar-refractivity contribution in [1.82, 2.24) is 0 Å². The predicted molar refractivity (Wildman–Crippen MR) is 82.3 cm³/mol. The highest BCUT2D eigenvalue weighted by Gasteiger charge is 2.48. The quantitative estimate of drug-likeness (QED) is 0.795. The largest absolute Gasteiger partial charge is 0.493 e. The zero-order chi connectivity index (χ0) is 15.9. The van der Waals surface area contributed by atoms with Crippen LogP contribution in [0, 0.1) is 5.92 Å². The maximum absolute atomic E-state index is 12.7. The van der Waals surface area contributed by atoms with E-state index < -0.39 is 9.84 Å². The third-order valence-electron chi connectivity index (χ3n) is 4.87. The van der Waals surface area contributed by atoms with Crippen LogP contribution in [0.5, 0.6) is 11.5 Å². The fourth-order valence-corrected chi connectivity index (χ4v) is 6.12. The summed E-state index contributed by atoms with van der Waals surface area (Å²) in [4.78, 5) is 12.7. The molecule has 1 aromatic rings. The maximum Gasteiger partial charge on any atom is 0.166 e. The van der Waals surface area contributed by atoms with Crippen LogP contribution in [-0.2, 0) is 9.84 Å². The van der Waals surface area contributed by atoms with Crippen LogP contribution in [0.4, 0.5) is 0 Å². The molecule has 22 heavy (non-hydrogen) atoms. The van der Waals surface area contributed by atoms with E-state index in [-0.39, 0.29) is 22.2 Å². The number of sulfone groups is 1. The van der Waals surface area contributed by atoms with Gasteiger partial charge in [-0.2, -0.15) is 0 Å². The van der Waals surface area contributed by atoms with Gasteiger partial charge in [0, 0.05) is 11.5 Å². The lowest BCUT2D eigenvalue weighted by Crippen LogP contribution is -2.36. The fraction of sp³-hybridized carbons (Fsp3) is 0.562. The number of hydrogen-bond acceptors (Lipinski definition) is 5. The second-order valence-electron chi connectivity index (χ2n) is 6.01. The smallest absolute Gasteiger partial charge is 0.166 e. The van der Waals surface area contributed by atoms with Gasteiger partial charge < -0.3 is 9.47 Å². The highest BCUT2D eigenvalue weighted by Crippen LogP contribution is 2.42. The van der Waals surface area contributed by atoms with E-state index >= 15 is 0 Å². The van der Waals surface area contributed by atoms with Gasteiger partial charge in [0.1, 0.15) is 0 Å². The van der Waals surface area contributed by atoms with Crippen LogP contribution >= 0.6 is 0 Å². The predicted octanol–water partition coefficient (Wildman–Crippen LogP) is 2.24. The van der Waals surface area contributed by atoms with E-state index in [1.54, 1.807) is 25.3 Å². The Bertz CT molecular complexity index is 674. The van der Waals surface area contributed by atoms with Crippen molar-refractivity contribution < 1.29 is 22.7 Å². The number of carbonyl (C=O) groups excluding carboxylic acids is 1. The van der Waals surface area contributed by atoms with Gasteiger partial charge in [0.2, 0.25) is 0 Å².